The SMILES string of the molecule is CCN(CC)C(=O)[C@H](CC(=O)N1CCC(C)CC1)NC(C)=O.Cc1ccccc1OC(F)(F)F.O=C1CCc2ccccc2N1. The monoisotopic (exact) mass is 634 g/mol. The Labute approximate surface area is 263 Å². The lowest BCUT2D eigenvalue weighted by Crippen LogP contribution is -2.51. The number of para-hydroxylation sites is 2. The van der Waals surface area contributed by atoms with Gasteiger partial charge in [-0.3, -0.25) is 19.2 Å². The molecule has 2 aliphatic rings. The van der Waals surface area contributed by atoms with E-state index < -0.39 is 12.4 Å². The van der Waals surface area contributed by atoms with Crippen LogP contribution in [-0.4, -0.2) is 72.0 Å². The van der Waals surface area contributed by atoms with Crippen molar-refractivity contribution in [2.45, 2.75) is 79.1 Å². The molecule has 0 aromatic heterocycles. The van der Waals surface area contributed by atoms with Crippen LogP contribution in [-0.2, 0) is 25.6 Å². The van der Waals surface area contributed by atoms with Crippen LogP contribution in [0.3, 0.4) is 0 Å². The lowest BCUT2D eigenvalue weighted by molar-refractivity contribution is -0.274. The molecule has 0 aliphatic carbocycles. The van der Waals surface area contributed by atoms with Gasteiger partial charge in [0.2, 0.25) is 23.6 Å². The molecule has 0 unspecified atom stereocenters. The average Bonchev–Trinajstić information content (AvgIpc) is 2.98. The fourth-order valence-electron chi connectivity index (χ4n) is 4.88. The number of hydrogen-bond donors (Lipinski definition) is 2. The largest absolute Gasteiger partial charge is 0.573 e. The molecule has 1 fully saturated rings. The number of likely N-dealkylation sites (tertiary alicyclic amines) is 1. The number of nitrogens with zero attached hydrogens (tertiary/aromatic N) is 2. The van der Waals surface area contributed by atoms with E-state index >= 15 is 0 Å². The van der Waals surface area contributed by atoms with Gasteiger partial charge in [0.1, 0.15) is 11.8 Å². The standard InChI is InChI=1S/C16H29N3O3.C9H9NO.C8H7F3O/c1-5-18(6-2)16(22)14(17-13(4)20)11-15(21)19-9-7-12(3)8-10-19;11-9-6-5-7-3-1-2-4-8(7)10-9;1-6-4-2-3-5-7(6)12-8(9,10)11/h12,14H,5-11H2,1-4H3,(H,17,20);1-4H,5-6H2,(H,10,11);2-5H,1H3/t14-;;/m0../s1. The summed E-state index contributed by atoms with van der Waals surface area (Å²) in [7, 11) is 0. The highest BCUT2D eigenvalue weighted by atomic mass is 19.4. The smallest absolute Gasteiger partial charge is 0.406 e. The predicted molar refractivity (Wildman–Crippen MR) is 166 cm³/mol. The van der Waals surface area contributed by atoms with E-state index in [9.17, 15) is 32.3 Å². The molecule has 0 radical (unpaired) electrons. The lowest BCUT2D eigenvalue weighted by atomic mass is 9.98. The van der Waals surface area contributed by atoms with Crippen LogP contribution in [0.25, 0.3) is 0 Å². The maximum atomic E-state index is 12.5. The van der Waals surface area contributed by atoms with Gasteiger partial charge in [0.25, 0.3) is 0 Å². The molecule has 9 nitrogen and oxygen atoms in total. The molecule has 1 atom stereocenters. The molecule has 45 heavy (non-hydrogen) atoms. The number of piperidine rings is 1. The number of amides is 4. The molecule has 12 heteroatoms. The lowest BCUT2D eigenvalue weighted by Gasteiger charge is -2.32. The fourth-order valence-corrected chi connectivity index (χ4v) is 4.88. The first kappa shape index (κ1) is 37.1. The summed E-state index contributed by atoms with van der Waals surface area (Å²) in [6, 6.07) is 13.1. The molecule has 248 valence electrons. The van der Waals surface area contributed by atoms with Crippen LogP contribution in [0.1, 0.15) is 64.5 Å². The highest BCUT2D eigenvalue weighted by molar-refractivity contribution is 5.94. The minimum atomic E-state index is -4.61. The van der Waals surface area contributed by atoms with Gasteiger partial charge in [0.05, 0.1) is 6.42 Å². The summed E-state index contributed by atoms with van der Waals surface area (Å²) in [6.45, 7) is 11.5. The molecule has 0 bridgehead atoms. The van der Waals surface area contributed by atoms with E-state index in [2.05, 4.69) is 28.4 Å². The molecular formula is C33H45F3N4O5. The van der Waals surface area contributed by atoms with E-state index in [0.717, 1.165) is 38.0 Å². The van der Waals surface area contributed by atoms with Gasteiger partial charge in [0.15, 0.2) is 0 Å². The number of anilines is 1. The summed E-state index contributed by atoms with van der Waals surface area (Å²) >= 11 is 0. The summed E-state index contributed by atoms with van der Waals surface area (Å²) in [4.78, 5) is 50.6. The van der Waals surface area contributed by atoms with E-state index in [4.69, 9.17) is 0 Å². The normalized spacial score (nSPS) is 15.1. The van der Waals surface area contributed by atoms with Gasteiger partial charge in [-0.15, -0.1) is 13.2 Å². The van der Waals surface area contributed by atoms with Crippen molar-refractivity contribution in [1.82, 2.24) is 15.1 Å². The summed E-state index contributed by atoms with van der Waals surface area (Å²) in [5.74, 6) is 0.108. The van der Waals surface area contributed by atoms with Crippen molar-refractivity contribution in [2.24, 2.45) is 5.92 Å². The summed E-state index contributed by atoms with van der Waals surface area (Å²) in [5.41, 5.74) is 2.69. The second-order valence-corrected chi connectivity index (χ2v) is 11.0. The number of likely N-dealkylation sites (N-methyl/N-ethyl adjacent to an activating group) is 1. The second kappa shape index (κ2) is 18.0. The molecule has 2 heterocycles. The molecule has 2 N–H and O–H groups in total. The number of nitrogens with one attached hydrogen (secondary N) is 2. The Balaban J connectivity index is 0.000000257. The Morgan fingerprint density at radius 1 is 1.02 bits per heavy atom. The third kappa shape index (κ3) is 13.2. The molecule has 2 aromatic rings. The second-order valence-electron chi connectivity index (χ2n) is 11.0. The van der Waals surface area contributed by atoms with Crippen LogP contribution in [0, 0.1) is 12.8 Å². The predicted octanol–water partition coefficient (Wildman–Crippen LogP) is 5.47. The van der Waals surface area contributed by atoms with Crippen LogP contribution < -0.4 is 15.4 Å². The zero-order valence-corrected chi connectivity index (χ0v) is 26.7. The molecule has 0 spiro atoms. The topological polar surface area (TPSA) is 108 Å². The summed E-state index contributed by atoms with van der Waals surface area (Å²) < 4.78 is 38.8. The van der Waals surface area contributed by atoms with E-state index in [0.29, 0.717) is 31.0 Å². The number of rotatable bonds is 7. The van der Waals surface area contributed by atoms with Gasteiger partial charge in [-0.2, -0.15) is 0 Å². The van der Waals surface area contributed by atoms with Crippen LogP contribution in [0.4, 0.5) is 18.9 Å². The number of benzene rings is 2. The van der Waals surface area contributed by atoms with Crippen molar-refractivity contribution < 1.29 is 37.1 Å². The Morgan fingerprint density at radius 2 is 1.62 bits per heavy atom. The third-order valence-electron chi connectivity index (χ3n) is 7.50. The van der Waals surface area contributed by atoms with Crippen molar-refractivity contribution >= 4 is 29.3 Å². The highest BCUT2D eigenvalue weighted by Crippen LogP contribution is 2.25. The molecule has 1 saturated heterocycles. The van der Waals surface area contributed by atoms with E-state index in [1.54, 1.807) is 24.0 Å². The molecule has 4 rings (SSSR count). The maximum Gasteiger partial charge on any atom is 0.573 e. The average molecular weight is 635 g/mol. The first-order valence-corrected chi connectivity index (χ1v) is 15.3. The van der Waals surface area contributed by atoms with Crippen molar-refractivity contribution in [2.75, 3.05) is 31.5 Å². The number of aryl methyl sites for hydroxylation is 2. The first-order valence-electron chi connectivity index (χ1n) is 15.3. The Hall–Kier alpha value is -4.09. The minimum Gasteiger partial charge on any atom is -0.406 e. The number of halogens is 3. The number of ether oxygens (including phenoxy) is 1. The fraction of sp³-hybridized carbons (Fsp3) is 0.515. The van der Waals surface area contributed by atoms with Crippen LogP contribution >= 0.6 is 0 Å². The Kier molecular flexibility index (Phi) is 14.9. The number of carbonyl (C=O) groups is 4. The Bertz CT molecular complexity index is 1270. The van der Waals surface area contributed by atoms with Crippen molar-refractivity contribution in [3.63, 3.8) is 0 Å². The maximum absolute atomic E-state index is 12.5. The van der Waals surface area contributed by atoms with Gasteiger partial charge in [-0.1, -0.05) is 43.3 Å². The zero-order chi connectivity index (χ0) is 33.6. The van der Waals surface area contributed by atoms with Crippen LogP contribution in [0.15, 0.2) is 48.5 Å². The summed E-state index contributed by atoms with van der Waals surface area (Å²) in [5, 5.41) is 5.45. The molecule has 4 amide bonds. The van der Waals surface area contributed by atoms with Crippen molar-refractivity contribution in [3.8, 4) is 5.75 Å². The van der Waals surface area contributed by atoms with Gasteiger partial charge in [0, 0.05) is 45.2 Å². The Morgan fingerprint density at radius 3 is 2.20 bits per heavy atom. The van der Waals surface area contributed by atoms with Gasteiger partial charge in [-0.05, 0) is 69.2 Å². The zero-order valence-electron chi connectivity index (χ0n) is 26.7. The third-order valence-corrected chi connectivity index (χ3v) is 7.50. The number of alkyl halides is 3. The quantitative estimate of drug-likeness (QED) is 0.420. The van der Waals surface area contributed by atoms with E-state index in [1.165, 1.54) is 24.6 Å². The molecule has 0 saturated carbocycles. The van der Waals surface area contributed by atoms with Crippen molar-refractivity contribution in [3.05, 3.63) is 59.7 Å². The van der Waals surface area contributed by atoms with Crippen LogP contribution in [0.5, 0.6) is 5.75 Å². The minimum absolute atomic E-state index is 0.0449. The first-order chi connectivity index (χ1) is 21.2. The number of fused-ring (bicyclic) bond motifs is 1. The van der Waals surface area contributed by atoms with Gasteiger partial charge in [-0.25, -0.2) is 0 Å². The molecule has 2 aromatic carbocycles. The molecule has 2 aliphatic heterocycles. The van der Waals surface area contributed by atoms with Gasteiger partial charge < -0.3 is 25.2 Å². The van der Waals surface area contributed by atoms with E-state index in [1.807, 2.05) is 36.9 Å². The number of carbonyl (C=O) groups excluding carboxylic acids is 4. The van der Waals surface area contributed by atoms with Gasteiger partial charge >= 0.3 is 6.36 Å². The summed E-state index contributed by atoms with van der Waals surface area (Å²) in [6.07, 6.45) is -1.06. The number of hydrogen-bond acceptors (Lipinski definition) is 5. The van der Waals surface area contributed by atoms with Crippen LogP contribution in [0.2, 0.25) is 0 Å². The highest BCUT2D eigenvalue weighted by Gasteiger charge is 2.31. The molecular weight excluding hydrogens is 589 g/mol. The van der Waals surface area contributed by atoms with Crippen molar-refractivity contribution in [1.29, 1.82) is 0 Å². The van der Waals surface area contributed by atoms with E-state index in [-0.39, 0.29) is 35.8 Å².